The summed E-state index contributed by atoms with van der Waals surface area (Å²) in [4.78, 5) is 73.6. The average molecular weight is 356 g/mol. The Hall–Kier alpha value is -2.62. The van der Waals surface area contributed by atoms with Gasteiger partial charge in [-0.15, -0.1) is 5.06 Å². The van der Waals surface area contributed by atoms with Gasteiger partial charge in [-0.3, -0.25) is 24.0 Å². The van der Waals surface area contributed by atoms with Crippen LogP contribution in [0.1, 0.15) is 51.4 Å². The molecule has 2 heterocycles. The second-order valence-electron chi connectivity index (χ2n) is 5.22. The van der Waals surface area contributed by atoms with Crippen LogP contribution in [0.15, 0.2) is 0 Å². The molecular formula is C15H20N2O8. The van der Waals surface area contributed by atoms with E-state index in [0.29, 0.717) is 24.3 Å². The number of hydroxylamine groups is 4. The Morgan fingerprint density at radius 1 is 0.920 bits per heavy atom. The molecule has 0 aromatic heterocycles. The molecule has 2 rings (SSSR count). The molecule has 4 amide bonds. The Labute approximate surface area is 143 Å². The van der Waals surface area contributed by atoms with E-state index >= 15 is 0 Å². The van der Waals surface area contributed by atoms with Gasteiger partial charge in [-0.1, -0.05) is 0 Å². The van der Waals surface area contributed by atoms with E-state index in [0.717, 1.165) is 11.3 Å². The second kappa shape index (κ2) is 10.3. The molecule has 0 unspecified atom stereocenters. The number of carbonyl (C=O) groups excluding carboxylic acids is 6. The summed E-state index contributed by atoms with van der Waals surface area (Å²) >= 11 is 0. The minimum Gasteiger partial charge on any atom is -0.330 e. The zero-order chi connectivity index (χ0) is 18.8. The smallest absolute Gasteiger partial charge is 0.330 e. The molecule has 2 aliphatic rings. The predicted molar refractivity (Wildman–Crippen MR) is 79.8 cm³/mol. The van der Waals surface area contributed by atoms with Crippen LogP contribution in [-0.2, 0) is 38.4 Å². The van der Waals surface area contributed by atoms with Gasteiger partial charge in [0.25, 0.3) is 23.6 Å². The molecule has 0 bridgehead atoms. The SMILES string of the molecule is CON1C(=O)CCC1=O.O=CCCCCC(=O)ON1C(=O)CCC1=O. The number of hydrogen-bond acceptors (Lipinski definition) is 8. The highest BCUT2D eigenvalue weighted by Gasteiger charge is 2.32. The van der Waals surface area contributed by atoms with Crippen molar-refractivity contribution in [1.82, 2.24) is 10.1 Å². The molecule has 0 radical (unpaired) electrons. The Morgan fingerprint density at radius 3 is 1.80 bits per heavy atom. The zero-order valence-corrected chi connectivity index (χ0v) is 13.9. The number of hydrogen-bond donors (Lipinski definition) is 0. The lowest BCUT2D eigenvalue weighted by atomic mass is 10.2. The Morgan fingerprint density at radius 2 is 1.40 bits per heavy atom. The van der Waals surface area contributed by atoms with Crippen molar-refractivity contribution in [2.24, 2.45) is 0 Å². The number of nitrogens with zero attached hydrogens (tertiary/aromatic N) is 2. The van der Waals surface area contributed by atoms with Crippen molar-refractivity contribution in [2.45, 2.75) is 51.4 Å². The fourth-order valence-corrected chi connectivity index (χ4v) is 2.06. The second-order valence-corrected chi connectivity index (χ2v) is 5.22. The predicted octanol–water partition coefficient (Wildman–Crippen LogP) is 0.0497. The topological polar surface area (TPSA) is 127 Å². The molecule has 2 fully saturated rings. The molecule has 0 N–H and O–H groups in total. The van der Waals surface area contributed by atoms with Crippen molar-refractivity contribution in [3.63, 3.8) is 0 Å². The third-order valence-corrected chi connectivity index (χ3v) is 3.34. The van der Waals surface area contributed by atoms with E-state index in [1.807, 2.05) is 0 Å². The Kier molecular flexibility index (Phi) is 8.40. The summed E-state index contributed by atoms with van der Waals surface area (Å²) in [6.45, 7) is 0. The molecule has 0 aromatic rings. The molecule has 0 atom stereocenters. The number of aldehydes is 1. The summed E-state index contributed by atoms with van der Waals surface area (Å²) in [5.74, 6) is -2.07. The van der Waals surface area contributed by atoms with Gasteiger partial charge in [0.05, 0.1) is 7.11 Å². The lowest BCUT2D eigenvalue weighted by Gasteiger charge is -2.12. The number of unbranched alkanes of at least 4 members (excludes halogenated alkanes) is 2. The Balaban J connectivity index is 0.000000293. The van der Waals surface area contributed by atoms with Crippen LogP contribution >= 0.6 is 0 Å². The lowest BCUT2D eigenvalue weighted by molar-refractivity contribution is -0.197. The summed E-state index contributed by atoms with van der Waals surface area (Å²) in [6.07, 6.45) is 3.14. The van der Waals surface area contributed by atoms with E-state index in [1.54, 1.807) is 0 Å². The maximum Gasteiger partial charge on any atom is 0.333 e. The van der Waals surface area contributed by atoms with Gasteiger partial charge in [0.1, 0.15) is 6.29 Å². The maximum absolute atomic E-state index is 11.2. The summed E-state index contributed by atoms with van der Waals surface area (Å²) in [5, 5.41) is 1.32. The molecule has 0 aliphatic carbocycles. The van der Waals surface area contributed by atoms with Gasteiger partial charge in [0.15, 0.2) is 0 Å². The summed E-state index contributed by atoms with van der Waals surface area (Å²) in [6, 6.07) is 0. The first kappa shape index (κ1) is 20.4. The molecule has 10 heteroatoms. The number of carbonyl (C=O) groups is 6. The van der Waals surface area contributed by atoms with Crippen LogP contribution in [0, 0.1) is 0 Å². The van der Waals surface area contributed by atoms with Crippen LogP contribution in [0.3, 0.4) is 0 Å². The average Bonchev–Trinajstić information content (AvgIpc) is 3.08. The van der Waals surface area contributed by atoms with E-state index in [1.165, 1.54) is 7.11 Å². The van der Waals surface area contributed by atoms with Crippen LogP contribution in [0.25, 0.3) is 0 Å². The van der Waals surface area contributed by atoms with E-state index in [2.05, 4.69) is 9.68 Å². The highest BCUT2D eigenvalue weighted by Crippen LogP contribution is 2.13. The van der Waals surface area contributed by atoms with Gasteiger partial charge in [-0.25, -0.2) is 4.79 Å². The third-order valence-electron chi connectivity index (χ3n) is 3.34. The molecule has 25 heavy (non-hydrogen) atoms. The largest absolute Gasteiger partial charge is 0.333 e. The van der Waals surface area contributed by atoms with Crippen molar-refractivity contribution in [1.29, 1.82) is 0 Å². The van der Waals surface area contributed by atoms with Crippen LogP contribution in [0.4, 0.5) is 0 Å². The third kappa shape index (κ3) is 6.42. The first-order valence-corrected chi connectivity index (χ1v) is 7.80. The number of amides is 4. The fraction of sp³-hybridized carbons (Fsp3) is 0.600. The summed E-state index contributed by atoms with van der Waals surface area (Å²) in [5.41, 5.74) is 0. The standard InChI is InChI=1S/C10H13NO5.C5H7NO3/c12-7-3-1-2-4-10(15)16-11-8(13)5-6-9(11)14;1-9-6-4(7)2-3-5(6)8/h7H,1-6H2;2-3H2,1H3. The molecule has 2 saturated heterocycles. The quantitative estimate of drug-likeness (QED) is 0.356. The minimum atomic E-state index is -0.616. The van der Waals surface area contributed by atoms with Crippen molar-refractivity contribution in [3.05, 3.63) is 0 Å². The van der Waals surface area contributed by atoms with Crippen LogP contribution in [0.2, 0.25) is 0 Å². The Bertz CT molecular complexity index is 528. The van der Waals surface area contributed by atoms with Gasteiger partial charge in [-0.2, -0.15) is 5.06 Å². The van der Waals surface area contributed by atoms with Crippen molar-refractivity contribution in [2.75, 3.05) is 7.11 Å². The normalized spacial score (nSPS) is 16.8. The lowest BCUT2D eigenvalue weighted by Crippen LogP contribution is -2.31. The first-order chi connectivity index (χ1) is 11.9. The minimum absolute atomic E-state index is 0.0945. The van der Waals surface area contributed by atoms with E-state index in [9.17, 15) is 28.8 Å². The molecule has 138 valence electrons. The van der Waals surface area contributed by atoms with Crippen molar-refractivity contribution in [3.8, 4) is 0 Å². The van der Waals surface area contributed by atoms with Crippen LogP contribution < -0.4 is 0 Å². The number of rotatable bonds is 7. The van der Waals surface area contributed by atoms with Gasteiger partial charge >= 0.3 is 5.97 Å². The van der Waals surface area contributed by atoms with Gasteiger partial charge in [0, 0.05) is 38.5 Å². The van der Waals surface area contributed by atoms with Crippen LogP contribution in [-0.4, -0.2) is 53.1 Å². The number of imide groups is 2. The highest BCUT2D eigenvalue weighted by molar-refractivity contribution is 6.01. The van der Waals surface area contributed by atoms with Gasteiger partial charge < -0.3 is 9.63 Å². The molecular weight excluding hydrogens is 336 g/mol. The molecule has 0 saturated carbocycles. The van der Waals surface area contributed by atoms with E-state index in [-0.39, 0.29) is 43.9 Å². The van der Waals surface area contributed by atoms with Gasteiger partial charge in [0.2, 0.25) is 0 Å². The van der Waals surface area contributed by atoms with Crippen molar-refractivity contribution < 1.29 is 38.4 Å². The van der Waals surface area contributed by atoms with E-state index < -0.39 is 17.8 Å². The van der Waals surface area contributed by atoms with E-state index in [4.69, 9.17) is 0 Å². The van der Waals surface area contributed by atoms with Gasteiger partial charge in [-0.05, 0) is 12.8 Å². The van der Waals surface area contributed by atoms with Crippen molar-refractivity contribution >= 4 is 35.9 Å². The highest BCUT2D eigenvalue weighted by atomic mass is 16.7. The molecule has 0 aromatic carbocycles. The fourth-order valence-electron chi connectivity index (χ4n) is 2.06. The van der Waals surface area contributed by atoms with Crippen LogP contribution in [0.5, 0.6) is 0 Å². The molecule has 0 spiro atoms. The maximum atomic E-state index is 11.2. The summed E-state index contributed by atoms with van der Waals surface area (Å²) in [7, 11) is 1.31. The summed E-state index contributed by atoms with van der Waals surface area (Å²) < 4.78 is 0. The first-order valence-electron chi connectivity index (χ1n) is 7.80. The zero-order valence-electron chi connectivity index (χ0n) is 13.9. The monoisotopic (exact) mass is 356 g/mol. The molecule has 10 nitrogen and oxygen atoms in total. The molecule has 2 aliphatic heterocycles.